The van der Waals surface area contributed by atoms with E-state index in [0.717, 1.165) is 31.1 Å². The Balaban J connectivity index is 2.21. The maximum absolute atomic E-state index is 5.61. The predicted octanol–water partition coefficient (Wildman–Crippen LogP) is 1.07. The molecule has 0 aromatic heterocycles. The first-order chi connectivity index (χ1) is 7.85. The molecule has 2 rings (SSSR count). The number of ether oxygens (including phenoxy) is 2. The molecular weight excluding hydrogens is 204 g/mol. The van der Waals surface area contributed by atoms with E-state index >= 15 is 0 Å². The minimum absolute atomic E-state index is 0.322. The summed E-state index contributed by atoms with van der Waals surface area (Å²) in [6, 6.07) is 6.24. The van der Waals surface area contributed by atoms with E-state index in [9.17, 15) is 0 Å². The first-order valence-electron chi connectivity index (χ1n) is 5.59. The van der Waals surface area contributed by atoms with Crippen LogP contribution in [0.3, 0.4) is 0 Å². The molecule has 0 spiro atoms. The molecule has 0 saturated heterocycles. The third-order valence-electron chi connectivity index (χ3n) is 2.79. The van der Waals surface area contributed by atoms with E-state index in [1.807, 2.05) is 18.2 Å². The lowest BCUT2D eigenvalue weighted by Gasteiger charge is -2.27. The summed E-state index contributed by atoms with van der Waals surface area (Å²) >= 11 is 0. The summed E-state index contributed by atoms with van der Waals surface area (Å²) in [6.45, 7) is 2.22. The highest BCUT2D eigenvalue weighted by molar-refractivity contribution is 5.43. The van der Waals surface area contributed by atoms with Gasteiger partial charge in [0.2, 0.25) is 0 Å². The van der Waals surface area contributed by atoms with Crippen molar-refractivity contribution in [3.8, 4) is 11.5 Å². The van der Waals surface area contributed by atoms with Crippen LogP contribution in [0, 0.1) is 0 Å². The molecule has 0 fully saturated rings. The van der Waals surface area contributed by atoms with Crippen molar-refractivity contribution >= 4 is 0 Å². The van der Waals surface area contributed by atoms with Crippen molar-refractivity contribution in [1.82, 2.24) is 5.32 Å². The molecule has 1 heterocycles. The van der Waals surface area contributed by atoms with Crippen LogP contribution >= 0.6 is 0 Å². The molecule has 1 unspecified atom stereocenters. The molecule has 0 saturated carbocycles. The summed E-state index contributed by atoms with van der Waals surface area (Å²) in [7, 11) is 1.67. The van der Waals surface area contributed by atoms with Crippen molar-refractivity contribution in [2.45, 2.75) is 12.5 Å². The number of nitrogens with one attached hydrogen (secondary N) is 1. The smallest absolute Gasteiger partial charge is 0.124 e. The molecule has 16 heavy (non-hydrogen) atoms. The number of methoxy groups -OCH3 is 1. The van der Waals surface area contributed by atoms with Gasteiger partial charge in [-0.3, -0.25) is 0 Å². The second-order valence-corrected chi connectivity index (χ2v) is 3.84. The maximum Gasteiger partial charge on any atom is 0.124 e. The van der Waals surface area contributed by atoms with Gasteiger partial charge in [-0.15, -0.1) is 0 Å². The molecule has 1 aliphatic heterocycles. The predicted molar refractivity (Wildman–Crippen MR) is 62.9 cm³/mol. The number of hydrogen-bond donors (Lipinski definition) is 2. The molecule has 1 aromatic rings. The van der Waals surface area contributed by atoms with E-state index in [1.165, 1.54) is 5.56 Å². The highest BCUT2D eigenvalue weighted by Crippen LogP contribution is 2.34. The van der Waals surface area contributed by atoms with Gasteiger partial charge in [-0.1, -0.05) is 0 Å². The molecule has 4 heteroatoms. The van der Waals surface area contributed by atoms with Crippen LogP contribution in [0.25, 0.3) is 0 Å². The molecule has 0 aliphatic carbocycles. The van der Waals surface area contributed by atoms with Gasteiger partial charge in [0.1, 0.15) is 11.5 Å². The number of fused-ring (bicyclic) bond motifs is 1. The van der Waals surface area contributed by atoms with Crippen LogP contribution in [0.15, 0.2) is 18.2 Å². The van der Waals surface area contributed by atoms with Crippen LogP contribution in [-0.4, -0.2) is 26.8 Å². The number of rotatable bonds is 4. The van der Waals surface area contributed by atoms with Crippen molar-refractivity contribution in [3.05, 3.63) is 23.8 Å². The van der Waals surface area contributed by atoms with Crippen molar-refractivity contribution in [2.24, 2.45) is 5.73 Å². The minimum atomic E-state index is 0.322. The van der Waals surface area contributed by atoms with Crippen LogP contribution in [0.4, 0.5) is 0 Å². The molecule has 0 bridgehead atoms. The van der Waals surface area contributed by atoms with Gasteiger partial charge in [-0.25, -0.2) is 0 Å². The number of hydrogen-bond acceptors (Lipinski definition) is 4. The lowest BCUT2D eigenvalue weighted by molar-refractivity contribution is 0.252. The zero-order valence-electron chi connectivity index (χ0n) is 9.53. The average Bonchev–Trinajstić information content (AvgIpc) is 2.35. The van der Waals surface area contributed by atoms with Crippen molar-refractivity contribution < 1.29 is 9.47 Å². The van der Waals surface area contributed by atoms with Crippen LogP contribution in [0.2, 0.25) is 0 Å². The fourth-order valence-electron chi connectivity index (χ4n) is 1.97. The molecule has 4 nitrogen and oxygen atoms in total. The van der Waals surface area contributed by atoms with E-state index < -0.39 is 0 Å². The standard InChI is InChI=1S/C12H18N2O2/c1-15-9-2-3-12-10(8-9)11(4-7-16-12)14-6-5-13/h2-3,8,11,14H,4-7,13H2,1H3. The topological polar surface area (TPSA) is 56.5 Å². The molecule has 88 valence electrons. The third kappa shape index (κ3) is 2.28. The summed E-state index contributed by atoms with van der Waals surface area (Å²) < 4.78 is 10.8. The largest absolute Gasteiger partial charge is 0.497 e. The Labute approximate surface area is 95.7 Å². The van der Waals surface area contributed by atoms with Crippen LogP contribution < -0.4 is 20.5 Å². The first-order valence-corrected chi connectivity index (χ1v) is 5.59. The van der Waals surface area contributed by atoms with Crippen molar-refractivity contribution in [1.29, 1.82) is 0 Å². The van der Waals surface area contributed by atoms with Gasteiger partial charge >= 0.3 is 0 Å². The van der Waals surface area contributed by atoms with Gasteiger partial charge in [0, 0.05) is 31.1 Å². The molecular formula is C12H18N2O2. The fourth-order valence-corrected chi connectivity index (χ4v) is 1.97. The Morgan fingerprint density at radius 3 is 3.19 bits per heavy atom. The number of nitrogens with two attached hydrogens (primary N) is 1. The molecule has 0 amide bonds. The van der Waals surface area contributed by atoms with E-state index in [4.69, 9.17) is 15.2 Å². The Bertz CT molecular complexity index is 355. The molecule has 3 N–H and O–H groups in total. The second kappa shape index (κ2) is 5.18. The Morgan fingerprint density at radius 1 is 1.56 bits per heavy atom. The summed E-state index contributed by atoms with van der Waals surface area (Å²) in [5.41, 5.74) is 6.67. The normalized spacial score (nSPS) is 18.8. The first kappa shape index (κ1) is 11.2. The average molecular weight is 222 g/mol. The fraction of sp³-hybridized carbons (Fsp3) is 0.500. The molecule has 1 aromatic carbocycles. The van der Waals surface area contributed by atoms with Crippen molar-refractivity contribution in [3.63, 3.8) is 0 Å². The summed E-state index contributed by atoms with van der Waals surface area (Å²) in [6.07, 6.45) is 0.972. The van der Waals surface area contributed by atoms with E-state index in [-0.39, 0.29) is 0 Å². The lowest BCUT2D eigenvalue weighted by Crippen LogP contribution is -2.30. The minimum Gasteiger partial charge on any atom is -0.497 e. The van der Waals surface area contributed by atoms with Crippen molar-refractivity contribution in [2.75, 3.05) is 26.8 Å². The monoisotopic (exact) mass is 222 g/mol. The highest BCUT2D eigenvalue weighted by Gasteiger charge is 2.21. The molecule has 1 aliphatic rings. The SMILES string of the molecule is COc1ccc2c(c1)C(NCCN)CCO2. The van der Waals surface area contributed by atoms with E-state index in [0.29, 0.717) is 12.6 Å². The maximum atomic E-state index is 5.61. The van der Waals surface area contributed by atoms with Crippen LogP contribution in [0.5, 0.6) is 11.5 Å². The summed E-state index contributed by atoms with van der Waals surface area (Å²) in [5.74, 6) is 1.81. The number of benzene rings is 1. The van der Waals surface area contributed by atoms with E-state index in [1.54, 1.807) is 7.11 Å². The van der Waals surface area contributed by atoms with Gasteiger partial charge in [-0.05, 0) is 18.2 Å². The Kier molecular flexibility index (Phi) is 3.64. The highest BCUT2D eigenvalue weighted by atomic mass is 16.5. The van der Waals surface area contributed by atoms with Crippen LogP contribution in [0.1, 0.15) is 18.0 Å². The second-order valence-electron chi connectivity index (χ2n) is 3.84. The third-order valence-corrected chi connectivity index (χ3v) is 2.79. The van der Waals surface area contributed by atoms with Gasteiger partial charge in [0.15, 0.2) is 0 Å². The zero-order valence-corrected chi connectivity index (χ0v) is 9.53. The molecule has 1 atom stereocenters. The lowest BCUT2D eigenvalue weighted by atomic mass is 10.0. The van der Waals surface area contributed by atoms with Gasteiger partial charge in [0.05, 0.1) is 13.7 Å². The van der Waals surface area contributed by atoms with E-state index in [2.05, 4.69) is 5.32 Å². The Morgan fingerprint density at radius 2 is 2.44 bits per heavy atom. The zero-order chi connectivity index (χ0) is 11.4. The van der Waals surface area contributed by atoms with Crippen LogP contribution in [-0.2, 0) is 0 Å². The molecule has 0 radical (unpaired) electrons. The van der Waals surface area contributed by atoms with Gasteiger partial charge < -0.3 is 20.5 Å². The Hall–Kier alpha value is -1.26. The summed E-state index contributed by atoms with van der Waals surface area (Å²) in [4.78, 5) is 0. The summed E-state index contributed by atoms with van der Waals surface area (Å²) in [5, 5.41) is 3.42. The quantitative estimate of drug-likeness (QED) is 0.800. The van der Waals surface area contributed by atoms with Gasteiger partial charge in [0.25, 0.3) is 0 Å². The van der Waals surface area contributed by atoms with Gasteiger partial charge in [-0.2, -0.15) is 0 Å².